The number of hydrogen-bond donors (Lipinski definition) is 0. The fourth-order valence-corrected chi connectivity index (χ4v) is 9.80. The third kappa shape index (κ3) is 3.52. The molecular formula is C51H31N. The Bertz CT molecular complexity index is 3180. The average Bonchev–Trinajstić information content (AvgIpc) is 3.82. The van der Waals surface area contributed by atoms with Gasteiger partial charge in [0.05, 0.1) is 22.0 Å². The van der Waals surface area contributed by atoms with Gasteiger partial charge < -0.3 is 4.40 Å². The molecule has 0 fully saturated rings. The lowest BCUT2D eigenvalue weighted by Gasteiger charge is -2.34. The molecule has 240 valence electrons. The average molecular weight is 658 g/mol. The van der Waals surface area contributed by atoms with Crippen LogP contribution < -0.4 is 0 Å². The van der Waals surface area contributed by atoms with E-state index in [4.69, 9.17) is 0 Å². The molecule has 0 spiro atoms. The van der Waals surface area contributed by atoms with E-state index in [1.165, 1.54) is 104 Å². The zero-order chi connectivity index (χ0) is 34.0. The van der Waals surface area contributed by atoms with Crippen molar-refractivity contribution in [3.05, 3.63) is 210 Å². The molecule has 11 aromatic rings. The van der Waals surface area contributed by atoms with Gasteiger partial charge in [-0.1, -0.05) is 152 Å². The third-order valence-corrected chi connectivity index (χ3v) is 12.0. The second-order valence-electron chi connectivity index (χ2n) is 14.4. The summed E-state index contributed by atoms with van der Waals surface area (Å²) in [6.07, 6.45) is 0. The van der Waals surface area contributed by atoms with Crippen molar-refractivity contribution in [1.82, 2.24) is 4.40 Å². The van der Waals surface area contributed by atoms with Crippen LogP contribution in [0.25, 0.3) is 81.9 Å². The highest BCUT2D eigenvalue weighted by Crippen LogP contribution is 2.57. The van der Waals surface area contributed by atoms with Crippen LogP contribution in [0.3, 0.4) is 0 Å². The van der Waals surface area contributed by atoms with Crippen LogP contribution in [-0.2, 0) is 5.41 Å². The van der Waals surface area contributed by atoms with Crippen LogP contribution in [0.5, 0.6) is 0 Å². The fourth-order valence-electron chi connectivity index (χ4n) is 9.80. The van der Waals surface area contributed by atoms with Gasteiger partial charge in [-0.05, 0) is 102 Å². The molecule has 0 amide bonds. The molecule has 0 saturated carbocycles. The first-order chi connectivity index (χ1) is 25.8. The monoisotopic (exact) mass is 657 g/mol. The van der Waals surface area contributed by atoms with Crippen molar-refractivity contribution in [2.24, 2.45) is 0 Å². The van der Waals surface area contributed by atoms with Crippen molar-refractivity contribution < 1.29 is 0 Å². The summed E-state index contributed by atoms with van der Waals surface area (Å²) in [5, 5.41) is 10.3. The lowest BCUT2D eigenvalue weighted by atomic mass is 9.67. The summed E-state index contributed by atoms with van der Waals surface area (Å²) in [5.41, 5.74) is 13.8. The first-order valence-electron chi connectivity index (χ1n) is 18.2. The van der Waals surface area contributed by atoms with E-state index >= 15 is 0 Å². The molecule has 2 heterocycles. The number of rotatable bonds is 3. The van der Waals surface area contributed by atoms with Gasteiger partial charge in [0.1, 0.15) is 0 Å². The van der Waals surface area contributed by atoms with E-state index in [0.717, 1.165) is 0 Å². The molecule has 1 aliphatic rings. The molecular weight excluding hydrogens is 627 g/mol. The number of aromatic nitrogens is 1. The molecule has 0 bridgehead atoms. The maximum atomic E-state index is 2.49. The lowest BCUT2D eigenvalue weighted by Crippen LogP contribution is -2.28. The van der Waals surface area contributed by atoms with Gasteiger partial charge in [0.25, 0.3) is 0 Å². The first-order valence-corrected chi connectivity index (χ1v) is 18.2. The molecule has 52 heavy (non-hydrogen) atoms. The molecule has 0 aliphatic heterocycles. The second-order valence-corrected chi connectivity index (χ2v) is 14.4. The van der Waals surface area contributed by atoms with Gasteiger partial charge in [-0.2, -0.15) is 0 Å². The van der Waals surface area contributed by atoms with Crippen molar-refractivity contribution in [2.75, 3.05) is 0 Å². The Morgan fingerprint density at radius 1 is 0.327 bits per heavy atom. The summed E-state index contributed by atoms with van der Waals surface area (Å²) in [5.74, 6) is 0. The van der Waals surface area contributed by atoms with E-state index in [0.29, 0.717) is 0 Å². The SMILES string of the molecule is c1ccc(C2(c3ccccc3)c3ccccc3-c3cc4c(-c5ccc6c(c5)c5cccc7c8cc9ccccc9cc8n6c57)cccc4cc32)cc1. The van der Waals surface area contributed by atoms with Crippen LogP contribution in [0.1, 0.15) is 22.3 Å². The van der Waals surface area contributed by atoms with E-state index < -0.39 is 5.41 Å². The molecule has 1 nitrogen and oxygen atoms in total. The zero-order valence-electron chi connectivity index (χ0n) is 28.3. The van der Waals surface area contributed by atoms with Crippen LogP contribution >= 0.6 is 0 Å². The lowest BCUT2D eigenvalue weighted by molar-refractivity contribution is 0.769. The number of fused-ring (bicyclic) bond motifs is 11. The summed E-state index contributed by atoms with van der Waals surface area (Å²) >= 11 is 0. The Morgan fingerprint density at radius 2 is 0.942 bits per heavy atom. The Morgan fingerprint density at radius 3 is 1.71 bits per heavy atom. The Hall–Kier alpha value is -6.70. The molecule has 0 atom stereocenters. The predicted octanol–water partition coefficient (Wildman–Crippen LogP) is 13.2. The van der Waals surface area contributed by atoms with Crippen molar-refractivity contribution in [2.45, 2.75) is 5.41 Å². The van der Waals surface area contributed by atoms with Gasteiger partial charge in [0.15, 0.2) is 0 Å². The van der Waals surface area contributed by atoms with Crippen molar-refractivity contribution >= 4 is 59.6 Å². The minimum atomic E-state index is -0.410. The standard InChI is InChI=1S/C51H31N/c1-3-16-36(17-4-1)51(37-18-5-2-6-19-37)46-24-10-9-20-39(46)43-31-42-34(29-47(43)51)15-11-21-38(42)35-25-26-48-44(28-35)40-22-12-23-41-45-27-32-13-7-8-14-33(32)30-49(45)52(48)50(40)41/h1-31H. The molecule has 1 heteroatoms. The summed E-state index contributed by atoms with van der Waals surface area (Å²) < 4.78 is 2.49. The minimum Gasteiger partial charge on any atom is -0.308 e. The number of para-hydroxylation sites is 1. The molecule has 0 radical (unpaired) electrons. The number of benzene rings is 9. The smallest absolute Gasteiger partial charge is 0.0713 e. The van der Waals surface area contributed by atoms with Gasteiger partial charge in [0.2, 0.25) is 0 Å². The Kier molecular flexibility index (Phi) is 5.49. The van der Waals surface area contributed by atoms with Crippen molar-refractivity contribution in [3.63, 3.8) is 0 Å². The topological polar surface area (TPSA) is 4.41 Å². The van der Waals surface area contributed by atoms with Crippen molar-refractivity contribution in [1.29, 1.82) is 0 Å². The van der Waals surface area contributed by atoms with Gasteiger partial charge >= 0.3 is 0 Å². The zero-order valence-corrected chi connectivity index (χ0v) is 28.3. The van der Waals surface area contributed by atoms with Crippen LogP contribution in [0.2, 0.25) is 0 Å². The molecule has 0 unspecified atom stereocenters. The Labute approximate surface area is 301 Å². The maximum absolute atomic E-state index is 2.49. The molecule has 9 aromatic carbocycles. The first kappa shape index (κ1) is 28.0. The summed E-state index contributed by atoms with van der Waals surface area (Å²) in [7, 11) is 0. The highest BCUT2D eigenvalue weighted by molar-refractivity contribution is 6.25. The molecule has 0 N–H and O–H groups in total. The Balaban J connectivity index is 1.12. The van der Waals surface area contributed by atoms with E-state index in [-0.39, 0.29) is 0 Å². The third-order valence-electron chi connectivity index (χ3n) is 12.0. The van der Waals surface area contributed by atoms with Crippen LogP contribution in [-0.4, -0.2) is 4.40 Å². The number of hydrogen-bond acceptors (Lipinski definition) is 0. The van der Waals surface area contributed by atoms with Crippen LogP contribution in [0.4, 0.5) is 0 Å². The van der Waals surface area contributed by atoms with Crippen LogP contribution in [0.15, 0.2) is 188 Å². The minimum absolute atomic E-state index is 0.410. The summed E-state index contributed by atoms with van der Waals surface area (Å²) in [6, 6.07) is 70.3. The van der Waals surface area contributed by atoms with E-state index in [9.17, 15) is 0 Å². The van der Waals surface area contributed by atoms with Crippen molar-refractivity contribution in [3.8, 4) is 22.3 Å². The van der Waals surface area contributed by atoms with Crippen LogP contribution in [0, 0.1) is 0 Å². The predicted molar refractivity (Wildman–Crippen MR) is 219 cm³/mol. The highest BCUT2D eigenvalue weighted by Gasteiger charge is 2.46. The van der Waals surface area contributed by atoms with Gasteiger partial charge in [-0.25, -0.2) is 0 Å². The largest absolute Gasteiger partial charge is 0.308 e. The van der Waals surface area contributed by atoms with Gasteiger partial charge in [-0.15, -0.1) is 0 Å². The molecule has 2 aromatic heterocycles. The second kappa shape index (κ2) is 10.2. The molecule has 0 saturated heterocycles. The van der Waals surface area contributed by atoms with E-state index in [2.05, 4.69) is 192 Å². The van der Waals surface area contributed by atoms with E-state index in [1.54, 1.807) is 0 Å². The maximum Gasteiger partial charge on any atom is 0.0713 e. The highest BCUT2D eigenvalue weighted by atomic mass is 14.9. The summed E-state index contributed by atoms with van der Waals surface area (Å²) in [6.45, 7) is 0. The normalized spacial score (nSPS) is 13.5. The van der Waals surface area contributed by atoms with E-state index in [1.807, 2.05) is 0 Å². The summed E-state index contributed by atoms with van der Waals surface area (Å²) in [4.78, 5) is 0. The fraction of sp³-hybridized carbons (Fsp3) is 0.0196. The van der Waals surface area contributed by atoms with Gasteiger partial charge in [0, 0.05) is 21.5 Å². The van der Waals surface area contributed by atoms with Gasteiger partial charge in [-0.3, -0.25) is 0 Å². The molecule has 1 aliphatic carbocycles. The number of nitrogens with zero attached hydrogens (tertiary/aromatic N) is 1. The quantitative estimate of drug-likeness (QED) is 0.178. The molecule has 12 rings (SSSR count).